The molecule has 0 aliphatic carbocycles. The average molecular weight is 262 g/mol. The Morgan fingerprint density at radius 1 is 0.950 bits per heavy atom. The third-order valence-electron chi connectivity index (χ3n) is 3.13. The first kappa shape index (κ1) is 10.9. The van der Waals surface area contributed by atoms with Crippen molar-refractivity contribution in [2.24, 2.45) is 0 Å². The lowest BCUT2D eigenvalue weighted by Crippen LogP contribution is -2.04. The highest BCUT2D eigenvalue weighted by Crippen LogP contribution is 2.19. The fourth-order valence-corrected chi connectivity index (χ4v) is 2.16. The minimum atomic E-state index is 0.435. The van der Waals surface area contributed by atoms with Crippen LogP contribution in [0.15, 0.2) is 48.7 Å². The standard InChI is InChI=1S/C14H10N6/c15-10-6-5-9-8-16-20(13(9)7-10)14-17-11-3-1-2-4-12(11)18-19-14/h1-8H,15H2. The smallest absolute Gasteiger partial charge is 0.271 e. The second-order valence-electron chi connectivity index (χ2n) is 4.48. The third kappa shape index (κ3) is 1.58. The van der Waals surface area contributed by atoms with Crippen molar-refractivity contribution in [1.29, 1.82) is 0 Å². The Kier molecular flexibility index (Phi) is 2.17. The van der Waals surface area contributed by atoms with E-state index in [0.717, 1.165) is 21.9 Å². The molecule has 0 spiro atoms. The summed E-state index contributed by atoms with van der Waals surface area (Å²) in [5.74, 6) is 0.435. The van der Waals surface area contributed by atoms with Crippen LogP contribution in [0, 0.1) is 0 Å². The molecule has 2 heterocycles. The minimum Gasteiger partial charge on any atom is -0.399 e. The highest BCUT2D eigenvalue weighted by molar-refractivity contribution is 5.83. The van der Waals surface area contributed by atoms with E-state index < -0.39 is 0 Å². The number of aromatic nitrogens is 5. The van der Waals surface area contributed by atoms with E-state index in [9.17, 15) is 0 Å². The molecule has 0 aliphatic rings. The van der Waals surface area contributed by atoms with Crippen molar-refractivity contribution in [3.8, 4) is 5.95 Å². The average Bonchev–Trinajstić information content (AvgIpc) is 2.89. The molecule has 2 aromatic heterocycles. The lowest BCUT2D eigenvalue weighted by Gasteiger charge is -2.02. The summed E-state index contributed by atoms with van der Waals surface area (Å²) < 4.78 is 1.64. The summed E-state index contributed by atoms with van der Waals surface area (Å²) >= 11 is 0. The highest BCUT2D eigenvalue weighted by Gasteiger charge is 2.09. The van der Waals surface area contributed by atoms with E-state index in [-0.39, 0.29) is 0 Å². The number of para-hydroxylation sites is 1. The Bertz CT molecular complexity index is 927. The number of nitrogens with zero attached hydrogens (tertiary/aromatic N) is 5. The van der Waals surface area contributed by atoms with Gasteiger partial charge < -0.3 is 5.73 Å². The van der Waals surface area contributed by atoms with Crippen LogP contribution in [0.1, 0.15) is 0 Å². The van der Waals surface area contributed by atoms with E-state index in [1.165, 1.54) is 0 Å². The molecule has 0 aliphatic heterocycles. The molecule has 0 atom stereocenters. The summed E-state index contributed by atoms with van der Waals surface area (Å²) in [6.07, 6.45) is 1.76. The summed E-state index contributed by atoms with van der Waals surface area (Å²) in [6, 6.07) is 13.2. The van der Waals surface area contributed by atoms with E-state index in [4.69, 9.17) is 5.73 Å². The summed E-state index contributed by atoms with van der Waals surface area (Å²) in [4.78, 5) is 4.48. The first-order valence-electron chi connectivity index (χ1n) is 6.14. The topological polar surface area (TPSA) is 82.5 Å². The van der Waals surface area contributed by atoms with Gasteiger partial charge in [-0.2, -0.15) is 9.78 Å². The van der Waals surface area contributed by atoms with Crippen molar-refractivity contribution in [1.82, 2.24) is 25.0 Å². The summed E-state index contributed by atoms with van der Waals surface area (Å²) in [7, 11) is 0. The molecular weight excluding hydrogens is 252 g/mol. The van der Waals surface area contributed by atoms with Gasteiger partial charge in [-0.15, -0.1) is 10.2 Å². The van der Waals surface area contributed by atoms with Crippen molar-refractivity contribution in [3.05, 3.63) is 48.7 Å². The molecule has 4 rings (SSSR count). The number of anilines is 1. The summed E-state index contributed by atoms with van der Waals surface area (Å²) in [6.45, 7) is 0. The van der Waals surface area contributed by atoms with Gasteiger partial charge in [-0.1, -0.05) is 12.1 Å². The SMILES string of the molecule is Nc1ccc2cnn(-c3nnc4ccccc4n3)c2c1. The maximum atomic E-state index is 5.82. The second-order valence-corrected chi connectivity index (χ2v) is 4.48. The lowest BCUT2D eigenvalue weighted by molar-refractivity contribution is 0.808. The normalized spacial score (nSPS) is 11.2. The summed E-state index contributed by atoms with van der Waals surface area (Å²) in [5.41, 5.74) is 8.90. The van der Waals surface area contributed by atoms with Gasteiger partial charge in [0.2, 0.25) is 0 Å². The first-order valence-corrected chi connectivity index (χ1v) is 6.14. The molecule has 96 valence electrons. The van der Waals surface area contributed by atoms with Gasteiger partial charge in [-0.3, -0.25) is 0 Å². The maximum absolute atomic E-state index is 5.82. The molecule has 0 fully saturated rings. The Labute approximate surface area is 113 Å². The fourth-order valence-electron chi connectivity index (χ4n) is 2.16. The number of fused-ring (bicyclic) bond motifs is 2. The molecule has 0 saturated heterocycles. The van der Waals surface area contributed by atoms with Crippen LogP contribution in [0.4, 0.5) is 5.69 Å². The van der Waals surface area contributed by atoms with Crippen molar-refractivity contribution < 1.29 is 0 Å². The van der Waals surface area contributed by atoms with Crippen molar-refractivity contribution in [3.63, 3.8) is 0 Å². The van der Waals surface area contributed by atoms with Crippen molar-refractivity contribution >= 4 is 27.6 Å². The van der Waals surface area contributed by atoms with Gasteiger partial charge in [0.05, 0.1) is 17.2 Å². The zero-order chi connectivity index (χ0) is 13.5. The van der Waals surface area contributed by atoms with Crippen LogP contribution in [0.3, 0.4) is 0 Å². The molecular formula is C14H10N6. The molecule has 0 unspecified atom stereocenters. The lowest BCUT2D eigenvalue weighted by atomic mass is 10.2. The molecule has 20 heavy (non-hydrogen) atoms. The van der Waals surface area contributed by atoms with E-state index in [1.54, 1.807) is 10.9 Å². The minimum absolute atomic E-state index is 0.435. The van der Waals surface area contributed by atoms with Crippen LogP contribution >= 0.6 is 0 Å². The van der Waals surface area contributed by atoms with E-state index in [0.29, 0.717) is 11.6 Å². The van der Waals surface area contributed by atoms with Crippen LogP contribution in [0.2, 0.25) is 0 Å². The van der Waals surface area contributed by atoms with E-state index in [2.05, 4.69) is 20.3 Å². The Morgan fingerprint density at radius 2 is 1.80 bits per heavy atom. The van der Waals surface area contributed by atoms with Gasteiger partial charge >= 0.3 is 0 Å². The van der Waals surface area contributed by atoms with Gasteiger partial charge in [0.15, 0.2) is 0 Å². The Hall–Kier alpha value is -3.02. The van der Waals surface area contributed by atoms with Gasteiger partial charge in [-0.25, -0.2) is 4.98 Å². The van der Waals surface area contributed by atoms with Gasteiger partial charge in [0.1, 0.15) is 5.52 Å². The number of nitrogens with two attached hydrogens (primary N) is 1. The number of nitrogen functional groups attached to an aromatic ring is 1. The molecule has 2 aromatic carbocycles. The van der Waals surface area contributed by atoms with Crippen LogP contribution in [-0.4, -0.2) is 25.0 Å². The fraction of sp³-hybridized carbons (Fsp3) is 0. The van der Waals surface area contributed by atoms with Crippen LogP contribution in [-0.2, 0) is 0 Å². The number of benzene rings is 2. The maximum Gasteiger partial charge on any atom is 0.271 e. The zero-order valence-corrected chi connectivity index (χ0v) is 10.4. The molecule has 6 heteroatoms. The zero-order valence-electron chi connectivity index (χ0n) is 10.4. The van der Waals surface area contributed by atoms with Gasteiger partial charge in [0.25, 0.3) is 5.95 Å². The Morgan fingerprint density at radius 3 is 2.70 bits per heavy atom. The highest BCUT2D eigenvalue weighted by atomic mass is 15.4. The molecule has 4 aromatic rings. The number of hydrogen-bond donors (Lipinski definition) is 1. The predicted octanol–water partition coefficient (Wildman–Crippen LogP) is 1.95. The van der Waals surface area contributed by atoms with Crippen molar-refractivity contribution in [2.45, 2.75) is 0 Å². The summed E-state index contributed by atoms with van der Waals surface area (Å²) in [5, 5.41) is 13.6. The third-order valence-corrected chi connectivity index (χ3v) is 3.13. The number of hydrogen-bond acceptors (Lipinski definition) is 5. The van der Waals surface area contributed by atoms with Crippen LogP contribution < -0.4 is 5.73 Å². The number of rotatable bonds is 1. The van der Waals surface area contributed by atoms with Gasteiger partial charge in [-0.05, 0) is 30.3 Å². The van der Waals surface area contributed by atoms with Crippen molar-refractivity contribution in [2.75, 3.05) is 5.73 Å². The van der Waals surface area contributed by atoms with Crippen LogP contribution in [0.25, 0.3) is 27.9 Å². The molecule has 6 nitrogen and oxygen atoms in total. The van der Waals surface area contributed by atoms with E-state index in [1.807, 2.05) is 42.5 Å². The molecule has 0 bridgehead atoms. The van der Waals surface area contributed by atoms with E-state index >= 15 is 0 Å². The Balaban J connectivity index is 1.98. The molecule has 0 radical (unpaired) electrons. The molecule has 0 saturated carbocycles. The first-order chi connectivity index (χ1) is 9.81. The largest absolute Gasteiger partial charge is 0.399 e. The monoisotopic (exact) mass is 262 g/mol. The predicted molar refractivity (Wildman–Crippen MR) is 76.4 cm³/mol. The van der Waals surface area contributed by atoms with Crippen LogP contribution in [0.5, 0.6) is 0 Å². The quantitative estimate of drug-likeness (QED) is 0.530. The molecule has 0 amide bonds. The van der Waals surface area contributed by atoms with Gasteiger partial charge in [0, 0.05) is 11.1 Å². The molecule has 2 N–H and O–H groups in total. The second kappa shape index (κ2) is 3.99.